The van der Waals surface area contributed by atoms with Crippen LogP contribution in [0.5, 0.6) is 0 Å². The third-order valence-corrected chi connectivity index (χ3v) is 2.35. The molecule has 1 aliphatic rings. The Labute approximate surface area is 93.9 Å². The van der Waals surface area contributed by atoms with E-state index in [-0.39, 0.29) is 0 Å². The lowest BCUT2D eigenvalue weighted by Gasteiger charge is -2.12. The first-order valence-corrected chi connectivity index (χ1v) is 6.01. The molecule has 3 heteroatoms. The molecule has 88 valence electrons. The Bertz CT molecular complexity index is 277. The van der Waals surface area contributed by atoms with Gasteiger partial charge in [0.05, 0.1) is 5.69 Å². The lowest BCUT2D eigenvalue weighted by Crippen LogP contribution is -2.24. The van der Waals surface area contributed by atoms with Gasteiger partial charge >= 0.3 is 0 Å². The maximum Gasteiger partial charge on any atom is 0.105 e. The Morgan fingerprint density at radius 2 is 1.80 bits per heavy atom. The normalized spacial score (nSPS) is 12.9. The molecule has 2 rings (SSSR count). The topological polar surface area (TPSA) is 29.9 Å². The summed E-state index contributed by atoms with van der Waals surface area (Å²) in [5.41, 5.74) is 2.64. The highest BCUT2D eigenvalue weighted by Gasteiger charge is 2.14. The van der Waals surface area contributed by atoms with Crippen molar-refractivity contribution in [3.8, 4) is 0 Å². The molecule has 0 unspecified atom stereocenters. The molecule has 0 saturated carbocycles. The van der Waals surface area contributed by atoms with Gasteiger partial charge in [-0.25, -0.2) is 4.98 Å². The maximum atomic E-state index is 4.45. The summed E-state index contributed by atoms with van der Waals surface area (Å²) in [5, 5.41) is 3.31. The zero-order valence-corrected chi connectivity index (χ0v) is 11.0. The number of imidazole rings is 1. The fraction of sp³-hybridized carbons (Fsp3) is 0.750. The van der Waals surface area contributed by atoms with E-state index in [1.54, 1.807) is 0 Å². The summed E-state index contributed by atoms with van der Waals surface area (Å²) in [6.07, 6.45) is 1.12. The van der Waals surface area contributed by atoms with Gasteiger partial charge in [0.1, 0.15) is 5.82 Å². The van der Waals surface area contributed by atoms with Gasteiger partial charge in [-0.2, -0.15) is 0 Å². The number of aryl methyl sites for hydroxylation is 1. The Balaban J connectivity index is 0.000000442. The minimum absolute atomic E-state index is 0.941. The molecule has 0 spiro atoms. The SMILES string of the molecule is CC.CC.Cc1nc2c(n1C)CCNC2. The number of fused-ring (bicyclic) bond motifs is 1. The van der Waals surface area contributed by atoms with Gasteiger partial charge in [0.15, 0.2) is 0 Å². The largest absolute Gasteiger partial charge is 0.335 e. The van der Waals surface area contributed by atoms with Crippen molar-refractivity contribution in [2.75, 3.05) is 6.54 Å². The fourth-order valence-electron chi connectivity index (χ4n) is 1.59. The van der Waals surface area contributed by atoms with Gasteiger partial charge in [-0.15, -0.1) is 0 Å². The molecular formula is C12H25N3. The van der Waals surface area contributed by atoms with Crippen molar-refractivity contribution >= 4 is 0 Å². The van der Waals surface area contributed by atoms with Crippen LogP contribution in [0.2, 0.25) is 0 Å². The van der Waals surface area contributed by atoms with Gasteiger partial charge in [-0.05, 0) is 6.92 Å². The summed E-state index contributed by atoms with van der Waals surface area (Å²) in [6.45, 7) is 12.1. The van der Waals surface area contributed by atoms with Crippen LogP contribution in [-0.4, -0.2) is 16.1 Å². The molecule has 0 radical (unpaired) electrons. The predicted octanol–water partition coefficient (Wildman–Crippen LogP) is 2.43. The van der Waals surface area contributed by atoms with E-state index in [4.69, 9.17) is 0 Å². The van der Waals surface area contributed by atoms with E-state index in [9.17, 15) is 0 Å². The van der Waals surface area contributed by atoms with E-state index in [2.05, 4.69) is 28.8 Å². The summed E-state index contributed by atoms with van der Waals surface area (Å²) in [4.78, 5) is 4.45. The molecule has 0 amide bonds. The summed E-state index contributed by atoms with van der Waals surface area (Å²) in [6, 6.07) is 0. The number of hydrogen-bond donors (Lipinski definition) is 1. The van der Waals surface area contributed by atoms with Crippen molar-refractivity contribution in [3.05, 3.63) is 17.2 Å². The third-order valence-electron chi connectivity index (χ3n) is 2.35. The molecule has 0 saturated heterocycles. The van der Waals surface area contributed by atoms with Crippen molar-refractivity contribution < 1.29 is 0 Å². The van der Waals surface area contributed by atoms with E-state index in [0.29, 0.717) is 0 Å². The monoisotopic (exact) mass is 211 g/mol. The number of rotatable bonds is 0. The van der Waals surface area contributed by atoms with Crippen LogP contribution in [0.15, 0.2) is 0 Å². The second kappa shape index (κ2) is 7.46. The summed E-state index contributed by atoms with van der Waals surface area (Å²) in [7, 11) is 2.09. The van der Waals surface area contributed by atoms with Crippen LogP contribution < -0.4 is 5.32 Å². The Hall–Kier alpha value is -0.830. The fourth-order valence-corrected chi connectivity index (χ4v) is 1.59. The number of nitrogens with zero attached hydrogens (tertiary/aromatic N) is 2. The van der Waals surface area contributed by atoms with Gasteiger partial charge in [-0.1, -0.05) is 27.7 Å². The lowest BCUT2D eigenvalue weighted by atomic mass is 10.2. The molecule has 1 aromatic rings. The number of hydrogen-bond acceptors (Lipinski definition) is 2. The molecule has 1 N–H and O–H groups in total. The standard InChI is InChI=1S/C8H13N3.2C2H6/c1-6-10-7-5-9-4-3-8(7)11(6)2;2*1-2/h9H,3-5H2,1-2H3;2*1-2H3. The van der Waals surface area contributed by atoms with Gasteiger partial charge in [-0.3, -0.25) is 0 Å². The Kier molecular flexibility index (Phi) is 7.05. The van der Waals surface area contributed by atoms with Gasteiger partial charge < -0.3 is 9.88 Å². The van der Waals surface area contributed by atoms with E-state index >= 15 is 0 Å². The molecule has 2 heterocycles. The Morgan fingerprint density at radius 3 is 2.33 bits per heavy atom. The highest BCUT2D eigenvalue weighted by Crippen LogP contribution is 2.13. The second-order valence-electron chi connectivity index (χ2n) is 3.04. The van der Waals surface area contributed by atoms with Crippen LogP contribution in [-0.2, 0) is 20.0 Å². The van der Waals surface area contributed by atoms with Crippen LogP contribution in [0.1, 0.15) is 44.9 Å². The Morgan fingerprint density at radius 1 is 1.20 bits per heavy atom. The van der Waals surface area contributed by atoms with Crippen LogP contribution in [0.25, 0.3) is 0 Å². The van der Waals surface area contributed by atoms with Gasteiger partial charge in [0.25, 0.3) is 0 Å². The van der Waals surface area contributed by atoms with E-state index in [0.717, 1.165) is 25.3 Å². The molecular weight excluding hydrogens is 186 g/mol. The molecule has 0 aliphatic carbocycles. The average molecular weight is 211 g/mol. The van der Waals surface area contributed by atoms with Crippen molar-refractivity contribution in [1.29, 1.82) is 0 Å². The van der Waals surface area contributed by atoms with E-state index in [1.807, 2.05) is 27.7 Å². The number of nitrogens with one attached hydrogen (secondary N) is 1. The van der Waals surface area contributed by atoms with Gasteiger partial charge in [0, 0.05) is 32.3 Å². The van der Waals surface area contributed by atoms with Crippen LogP contribution in [0, 0.1) is 6.92 Å². The van der Waals surface area contributed by atoms with Crippen molar-refractivity contribution in [3.63, 3.8) is 0 Å². The predicted molar refractivity (Wildman–Crippen MR) is 66.1 cm³/mol. The molecule has 1 aromatic heterocycles. The molecule has 0 bridgehead atoms. The molecule has 3 nitrogen and oxygen atoms in total. The molecule has 0 atom stereocenters. The van der Waals surface area contributed by atoms with Gasteiger partial charge in [0.2, 0.25) is 0 Å². The van der Waals surface area contributed by atoms with Crippen LogP contribution >= 0.6 is 0 Å². The average Bonchev–Trinajstić information content (AvgIpc) is 2.61. The zero-order valence-electron chi connectivity index (χ0n) is 11.0. The quantitative estimate of drug-likeness (QED) is 0.714. The van der Waals surface area contributed by atoms with Crippen LogP contribution in [0.3, 0.4) is 0 Å². The lowest BCUT2D eigenvalue weighted by molar-refractivity contribution is 0.611. The van der Waals surface area contributed by atoms with E-state index in [1.165, 1.54) is 11.4 Å². The zero-order chi connectivity index (χ0) is 11.8. The smallest absolute Gasteiger partial charge is 0.105 e. The van der Waals surface area contributed by atoms with E-state index < -0.39 is 0 Å². The highest BCUT2D eigenvalue weighted by atomic mass is 15.1. The third kappa shape index (κ3) is 3.34. The minimum atomic E-state index is 0.941. The first-order valence-electron chi connectivity index (χ1n) is 6.01. The maximum absolute atomic E-state index is 4.45. The first-order chi connectivity index (χ1) is 7.29. The summed E-state index contributed by atoms with van der Waals surface area (Å²) in [5.74, 6) is 1.12. The van der Waals surface area contributed by atoms with Crippen molar-refractivity contribution in [2.24, 2.45) is 7.05 Å². The number of aromatic nitrogens is 2. The van der Waals surface area contributed by atoms with Crippen LogP contribution in [0.4, 0.5) is 0 Å². The minimum Gasteiger partial charge on any atom is -0.335 e. The second-order valence-corrected chi connectivity index (χ2v) is 3.04. The molecule has 0 fully saturated rings. The van der Waals surface area contributed by atoms with Crippen molar-refractivity contribution in [2.45, 2.75) is 47.6 Å². The highest BCUT2D eigenvalue weighted by molar-refractivity contribution is 5.19. The summed E-state index contributed by atoms with van der Waals surface area (Å²) >= 11 is 0. The molecule has 15 heavy (non-hydrogen) atoms. The van der Waals surface area contributed by atoms with Crippen molar-refractivity contribution in [1.82, 2.24) is 14.9 Å². The first kappa shape index (κ1) is 14.2. The molecule has 1 aliphatic heterocycles. The summed E-state index contributed by atoms with van der Waals surface area (Å²) < 4.78 is 2.19. The molecule has 0 aromatic carbocycles.